The van der Waals surface area contributed by atoms with Crippen LogP contribution in [0.25, 0.3) is 17.0 Å². The predicted molar refractivity (Wildman–Crippen MR) is 108 cm³/mol. The number of benzene rings is 1. The largest absolute Gasteiger partial charge is 0.492 e. The highest BCUT2D eigenvalue weighted by molar-refractivity contribution is 8.19. The van der Waals surface area contributed by atoms with Gasteiger partial charge in [-0.3, -0.25) is 4.79 Å². The third kappa shape index (κ3) is 2.93. The molecule has 0 N–H and O–H groups in total. The van der Waals surface area contributed by atoms with Crippen molar-refractivity contribution in [3.8, 4) is 5.75 Å². The molecule has 1 aliphatic heterocycles. The molecule has 138 valence electrons. The van der Waals surface area contributed by atoms with E-state index in [0.717, 1.165) is 45.8 Å². The van der Waals surface area contributed by atoms with E-state index in [1.807, 2.05) is 23.5 Å². The SMILES string of the molecule is COc1c2c(c(C3SCCS3)c3c(COC(C)=O)coc13)C(C)CC=C2. The Morgan fingerprint density at radius 3 is 2.77 bits per heavy atom. The van der Waals surface area contributed by atoms with Crippen LogP contribution in [0.15, 0.2) is 16.8 Å². The van der Waals surface area contributed by atoms with Crippen LogP contribution in [0.4, 0.5) is 0 Å². The van der Waals surface area contributed by atoms with Crippen LogP contribution >= 0.6 is 23.5 Å². The fourth-order valence-electron chi connectivity index (χ4n) is 3.84. The number of thioether (sulfide) groups is 2. The Labute approximate surface area is 161 Å². The molecule has 4 nitrogen and oxygen atoms in total. The van der Waals surface area contributed by atoms with Crippen LogP contribution < -0.4 is 4.74 Å². The Hall–Kier alpha value is -1.53. The van der Waals surface area contributed by atoms with E-state index in [2.05, 4.69) is 19.1 Å². The summed E-state index contributed by atoms with van der Waals surface area (Å²) in [5, 5.41) is 1.07. The molecule has 1 aromatic heterocycles. The van der Waals surface area contributed by atoms with Gasteiger partial charge in [0.2, 0.25) is 0 Å². The van der Waals surface area contributed by atoms with Gasteiger partial charge in [0.05, 0.1) is 18.0 Å². The number of hydrogen-bond donors (Lipinski definition) is 0. The van der Waals surface area contributed by atoms with E-state index in [4.69, 9.17) is 13.9 Å². The number of allylic oxidation sites excluding steroid dienone is 1. The van der Waals surface area contributed by atoms with Crippen molar-refractivity contribution in [1.29, 1.82) is 0 Å². The molecule has 0 radical (unpaired) electrons. The zero-order valence-corrected chi connectivity index (χ0v) is 16.8. The van der Waals surface area contributed by atoms with Crippen molar-refractivity contribution >= 4 is 46.5 Å². The standard InChI is InChI=1S/C20H22O4S2/c1-11-5-4-6-14-15(11)17(20-25-7-8-26-20)16-13(9-23-12(2)21)10-24-19(16)18(14)22-3/h4,6,10-11,20H,5,7-9H2,1-3H3. The number of methoxy groups -OCH3 is 1. The number of rotatable bonds is 4. The third-order valence-electron chi connectivity index (χ3n) is 4.93. The van der Waals surface area contributed by atoms with Crippen molar-refractivity contribution in [3.63, 3.8) is 0 Å². The van der Waals surface area contributed by atoms with Gasteiger partial charge in [0, 0.05) is 34.9 Å². The number of furan rings is 1. The number of hydrogen-bond acceptors (Lipinski definition) is 6. The molecule has 1 aromatic carbocycles. The quantitative estimate of drug-likeness (QED) is 0.642. The summed E-state index contributed by atoms with van der Waals surface area (Å²) in [5.74, 6) is 3.22. The molecular formula is C20H22O4S2. The second-order valence-electron chi connectivity index (χ2n) is 6.63. The highest BCUT2D eigenvalue weighted by atomic mass is 32.2. The Morgan fingerprint density at radius 2 is 2.08 bits per heavy atom. The van der Waals surface area contributed by atoms with Crippen LogP contribution in [-0.4, -0.2) is 24.6 Å². The first-order chi connectivity index (χ1) is 12.6. The zero-order valence-electron chi connectivity index (χ0n) is 15.2. The molecule has 0 amide bonds. The summed E-state index contributed by atoms with van der Waals surface area (Å²) in [6, 6.07) is 0. The lowest BCUT2D eigenvalue weighted by atomic mass is 9.83. The van der Waals surface area contributed by atoms with Crippen molar-refractivity contribution in [2.75, 3.05) is 18.6 Å². The van der Waals surface area contributed by atoms with Gasteiger partial charge in [0.15, 0.2) is 11.3 Å². The Morgan fingerprint density at radius 1 is 1.31 bits per heavy atom. The van der Waals surface area contributed by atoms with E-state index < -0.39 is 0 Å². The van der Waals surface area contributed by atoms with Crippen LogP contribution in [-0.2, 0) is 16.1 Å². The van der Waals surface area contributed by atoms with Gasteiger partial charge in [-0.05, 0) is 23.5 Å². The molecule has 4 rings (SSSR count). The van der Waals surface area contributed by atoms with Gasteiger partial charge in [0.1, 0.15) is 6.61 Å². The summed E-state index contributed by atoms with van der Waals surface area (Å²) < 4.78 is 17.4. The summed E-state index contributed by atoms with van der Waals surface area (Å²) in [6.45, 7) is 3.93. The summed E-state index contributed by atoms with van der Waals surface area (Å²) >= 11 is 3.97. The van der Waals surface area contributed by atoms with E-state index in [0.29, 0.717) is 10.5 Å². The van der Waals surface area contributed by atoms with Crippen LogP contribution in [0.5, 0.6) is 5.75 Å². The third-order valence-corrected chi connectivity index (χ3v) is 7.96. The molecule has 0 bridgehead atoms. The number of fused-ring (bicyclic) bond motifs is 2. The summed E-state index contributed by atoms with van der Waals surface area (Å²) in [7, 11) is 1.69. The van der Waals surface area contributed by atoms with Crippen molar-refractivity contribution in [2.24, 2.45) is 0 Å². The van der Waals surface area contributed by atoms with Crippen molar-refractivity contribution in [1.82, 2.24) is 0 Å². The van der Waals surface area contributed by atoms with Gasteiger partial charge in [-0.15, -0.1) is 23.5 Å². The highest BCUT2D eigenvalue weighted by Crippen LogP contribution is 2.55. The predicted octanol–water partition coefficient (Wildman–Crippen LogP) is 5.50. The number of esters is 1. The smallest absolute Gasteiger partial charge is 0.302 e. The van der Waals surface area contributed by atoms with Crippen LogP contribution in [0.2, 0.25) is 0 Å². The molecule has 0 spiro atoms. The summed E-state index contributed by atoms with van der Waals surface area (Å²) in [5.41, 5.74) is 5.50. The Balaban J connectivity index is 2.01. The topological polar surface area (TPSA) is 48.7 Å². The maximum Gasteiger partial charge on any atom is 0.302 e. The van der Waals surface area contributed by atoms with E-state index in [1.165, 1.54) is 18.1 Å². The van der Waals surface area contributed by atoms with Crippen molar-refractivity contribution in [2.45, 2.75) is 37.4 Å². The van der Waals surface area contributed by atoms with Crippen molar-refractivity contribution in [3.05, 3.63) is 34.6 Å². The molecule has 2 heterocycles. The van der Waals surface area contributed by atoms with Gasteiger partial charge < -0.3 is 13.9 Å². The molecule has 1 aliphatic carbocycles. The zero-order chi connectivity index (χ0) is 18.3. The van der Waals surface area contributed by atoms with E-state index in [-0.39, 0.29) is 12.6 Å². The van der Waals surface area contributed by atoms with Gasteiger partial charge in [-0.1, -0.05) is 19.1 Å². The van der Waals surface area contributed by atoms with Crippen LogP contribution in [0.3, 0.4) is 0 Å². The van der Waals surface area contributed by atoms with Gasteiger partial charge in [-0.25, -0.2) is 0 Å². The summed E-state index contributed by atoms with van der Waals surface area (Å²) in [6.07, 6.45) is 7.11. The number of carbonyl (C=O) groups is 1. The average Bonchev–Trinajstić information content (AvgIpc) is 3.28. The molecule has 1 saturated heterocycles. The maximum atomic E-state index is 11.3. The van der Waals surface area contributed by atoms with E-state index >= 15 is 0 Å². The Bertz CT molecular complexity index is 878. The molecule has 1 fully saturated rings. The van der Waals surface area contributed by atoms with Gasteiger partial charge in [0.25, 0.3) is 0 Å². The highest BCUT2D eigenvalue weighted by Gasteiger charge is 2.33. The minimum Gasteiger partial charge on any atom is -0.492 e. The maximum absolute atomic E-state index is 11.3. The first-order valence-electron chi connectivity index (χ1n) is 8.78. The molecule has 2 aromatic rings. The minimum absolute atomic E-state index is 0.226. The molecule has 1 unspecified atom stereocenters. The van der Waals surface area contributed by atoms with Crippen LogP contribution in [0.1, 0.15) is 53.0 Å². The first kappa shape index (κ1) is 17.9. The lowest BCUT2D eigenvalue weighted by molar-refractivity contribution is -0.142. The second kappa shape index (κ2) is 7.24. The summed E-state index contributed by atoms with van der Waals surface area (Å²) in [4.78, 5) is 11.3. The number of carbonyl (C=O) groups excluding carboxylic acids is 1. The average molecular weight is 391 g/mol. The second-order valence-corrected chi connectivity index (χ2v) is 9.36. The molecular weight excluding hydrogens is 368 g/mol. The van der Waals surface area contributed by atoms with Crippen LogP contribution in [0, 0.1) is 0 Å². The lowest BCUT2D eigenvalue weighted by Crippen LogP contribution is -2.09. The van der Waals surface area contributed by atoms with Gasteiger partial charge in [-0.2, -0.15) is 0 Å². The molecule has 6 heteroatoms. The minimum atomic E-state index is -0.285. The molecule has 1 atom stereocenters. The van der Waals surface area contributed by atoms with E-state index in [1.54, 1.807) is 13.4 Å². The normalized spacial score (nSPS) is 19.7. The molecule has 2 aliphatic rings. The lowest BCUT2D eigenvalue weighted by Gasteiger charge is -2.27. The monoisotopic (exact) mass is 390 g/mol. The number of ether oxygens (including phenoxy) is 2. The fraction of sp³-hybridized carbons (Fsp3) is 0.450. The fourth-order valence-corrected chi connectivity index (χ4v) is 6.83. The van der Waals surface area contributed by atoms with Gasteiger partial charge >= 0.3 is 5.97 Å². The Kier molecular flexibility index (Phi) is 4.97. The van der Waals surface area contributed by atoms with Crippen molar-refractivity contribution < 1.29 is 18.7 Å². The molecule has 0 saturated carbocycles. The molecule has 26 heavy (non-hydrogen) atoms. The van der Waals surface area contributed by atoms with E-state index in [9.17, 15) is 4.79 Å². The first-order valence-corrected chi connectivity index (χ1v) is 10.9.